The summed E-state index contributed by atoms with van der Waals surface area (Å²) in [7, 11) is 0. The molecule has 102 valence electrons. The summed E-state index contributed by atoms with van der Waals surface area (Å²) in [5.74, 6) is 2.37. The number of aromatic nitrogens is 2. The van der Waals surface area contributed by atoms with E-state index in [4.69, 9.17) is 29.6 Å². The first-order chi connectivity index (χ1) is 9.61. The van der Waals surface area contributed by atoms with E-state index in [0.29, 0.717) is 11.6 Å². The molecule has 0 fully saturated rings. The van der Waals surface area contributed by atoms with Gasteiger partial charge in [-0.2, -0.15) is 5.10 Å². The van der Waals surface area contributed by atoms with Gasteiger partial charge in [-0.3, -0.25) is 4.79 Å². The highest BCUT2D eigenvalue weighted by Crippen LogP contribution is 2.17. The molecule has 0 spiro atoms. The van der Waals surface area contributed by atoms with Crippen molar-refractivity contribution in [1.29, 1.82) is 0 Å². The van der Waals surface area contributed by atoms with Crippen molar-refractivity contribution in [1.82, 2.24) is 9.78 Å². The summed E-state index contributed by atoms with van der Waals surface area (Å²) in [5, 5.41) is 7.79. The number of hydrogen-bond acceptors (Lipinski definition) is 3. The van der Waals surface area contributed by atoms with Crippen LogP contribution in [-0.2, 0) is 13.1 Å². The van der Waals surface area contributed by atoms with Crippen LogP contribution in [0.25, 0.3) is 0 Å². The topological polar surface area (TPSA) is 46.9 Å². The average Bonchev–Trinajstić information content (AvgIpc) is 2.44. The second kappa shape index (κ2) is 6.47. The number of halogens is 2. The molecule has 0 amide bonds. The Morgan fingerprint density at radius 2 is 2.00 bits per heavy atom. The first kappa shape index (κ1) is 14.4. The maximum Gasteiger partial charge on any atom is 0.292 e. The van der Waals surface area contributed by atoms with Crippen LogP contribution >= 0.6 is 23.2 Å². The van der Waals surface area contributed by atoms with E-state index in [-0.39, 0.29) is 22.8 Å². The van der Waals surface area contributed by atoms with Crippen LogP contribution in [0.3, 0.4) is 0 Å². The molecule has 4 nitrogen and oxygen atoms in total. The largest absolute Gasteiger partial charge is 0.375 e. The van der Waals surface area contributed by atoms with Gasteiger partial charge in [-0.05, 0) is 17.7 Å². The molecule has 1 N–H and O–H groups in total. The second-order valence-corrected chi connectivity index (χ2v) is 4.86. The molecule has 0 aliphatic heterocycles. The molecule has 0 saturated heterocycles. The van der Waals surface area contributed by atoms with Crippen molar-refractivity contribution in [3.05, 3.63) is 56.4 Å². The molecule has 0 saturated carbocycles. The van der Waals surface area contributed by atoms with Crippen LogP contribution in [0.2, 0.25) is 10.0 Å². The molecule has 1 aromatic carbocycles. The highest BCUT2D eigenvalue weighted by atomic mass is 35.5. The van der Waals surface area contributed by atoms with E-state index in [1.807, 2.05) is 12.1 Å². The summed E-state index contributed by atoms with van der Waals surface area (Å²) in [4.78, 5) is 12.1. The number of nitrogens with one attached hydrogen (secondary N) is 1. The minimum absolute atomic E-state index is 0.103. The summed E-state index contributed by atoms with van der Waals surface area (Å²) < 4.78 is 1.18. The molecule has 0 bridgehead atoms. The van der Waals surface area contributed by atoms with Gasteiger partial charge >= 0.3 is 0 Å². The Morgan fingerprint density at radius 1 is 1.30 bits per heavy atom. The van der Waals surface area contributed by atoms with E-state index in [9.17, 15) is 4.79 Å². The summed E-state index contributed by atoms with van der Waals surface area (Å²) >= 11 is 11.8. The lowest BCUT2D eigenvalue weighted by molar-refractivity contribution is 0.664. The summed E-state index contributed by atoms with van der Waals surface area (Å²) in [5.41, 5.74) is 0.918. The first-order valence-corrected chi connectivity index (χ1v) is 6.55. The molecule has 0 aliphatic rings. The Balaban J connectivity index is 2.21. The molecule has 1 heterocycles. The van der Waals surface area contributed by atoms with Crippen LogP contribution in [0.1, 0.15) is 5.56 Å². The van der Waals surface area contributed by atoms with Crippen molar-refractivity contribution in [3.63, 3.8) is 0 Å². The van der Waals surface area contributed by atoms with Gasteiger partial charge in [0, 0.05) is 11.6 Å². The normalized spacial score (nSPS) is 10.1. The Hall–Kier alpha value is -1.96. The number of terminal acetylenes is 1. The number of hydrogen-bond donors (Lipinski definition) is 1. The van der Waals surface area contributed by atoms with Gasteiger partial charge in [-0.25, -0.2) is 4.68 Å². The minimum Gasteiger partial charge on any atom is -0.375 e. The zero-order valence-corrected chi connectivity index (χ0v) is 11.9. The molecule has 0 atom stereocenters. The van der Waals surface area contributed by atoms with Crippen molar-refractivity contribution < 1.29 is 0 Å². The highest BCUT2D eigenvalue weighted by Gasteiger charge is 2.09. The third-order valence-electron chi connectivity index (χ3n) is 2.62. The fourth-order valence-electron chi connectivity index (χ4n) is 1.62. The Morgan fingerprint density at radius 3 is 2.65 bits per heavy atom. The molecule has 1 aromatic heterocycles. The van der Waals surface area contributed by atoms with Gasteiger partial charge in [-0.1, -0.05) is 41.3 Å². The smallest absolute Gasteiger partial charge is 0.292 e. The van der Waals surface area contributed by atoms with E-state index in [1.54, 1.807) is 12.1 Å². The van der Waals surface area contributed by atoms with Gasteiger partial charge < -0.3 is 5.32 Å². The van der Waals surface area contributed by atoms with E-state index in [2.05, 4.69) is 16.3 Å². The highest BCUT2D eigenvalue weighted by molar-refractivity contribution is 6.33. The van der Waals surface area contributed by atoms with E-state index in [1.165, 1.54) is 10.9 Å². The molecule has 2 aromatic rings. The predicted molar refractivity (Wildman–Crippen MR) is 81.1 cm³/mol. The summed E-state index contributed by atoms with van der Waals surface area (Å²) in [6.45, 7) is 0.553. The molecule has 6 heteroatoms. The van der Waals surface area contributed by atoms with Gasteiger partial charge in [-0.15, -0.1) is 6.42 Å². The predicted octanol–water partition coefficient (Wildman–Crippen LogP) is 2.80. The molecule has 0 aliphatic carbocycles. The van der Waals surface area contributed by atoms with E-state index < -0.39 is 0 Å². The molecule has 0 radical (unpaired) electrons. The number of rotatable bonds is 4. The van der Waals surface area contributed by atoms with Crippen LogP contribution in [0, 0.1) is 12.3 Å². The van der Waals surface area contributed by atoms with E-state index in [0.717, 1.165) is 5.56 Å². The monoisotopic (exact) mass is 307 g/mol. The Bertz CT molecular complexity index is 702. The zero-order chi connectivity index (χ0) is 14.5. The fraction of sp³-hybridized carbons (Fsp3) is 0.143. The zero-order valence-electron chi connectivity index (χ0n) is 10.4. The number of nitrogens with zero attached hydrogens (tertiary/aromatic N) is 2. The molecular weight excluding hydrogens is 297 g/mol. The lowest BCUT2D eigenvalue weighted by Crippen LogP contribution is -2.25. The van der Waals surface area contributed by atoms with Gasteiger partial charge in [0.05, 0.1) is 11.2 Å². The second-order valence-electron chi connectivity index (χ2n) is 4.01. The number of benzene rings is 1. The van der Waals surface area contributed by atoms with E-state index >= 15 is 0 Å². The SMILES string of the molecule is C#CCn1ncc(Cl)c(NCc2ccc(Cl)cc2)c1=O. The van der Waals surface area contributed by atoms with Gasteiger partial charge in [0.2, 0.25) is 0 Å². The van der Waals surface area contributed by atoms with Crippen molar-refractivity contribution in [2.45, 2.75) is 13.1 Å². The standard InChI is InChI=1S/C14H11Cl2N3O/c1-2-7-19-14(20)13(12(16)9-18-19)17-8-10-3-5-11(15)6-4-10/h1,3-6,9,17H,7-8H2. The maximum atomic E-state index is 12.1. The molecule has 2 rings (SSSR count). The molecule has 0 unspecified atom stereocenters. The lowest BCUT2D eigenvalue weighted by Gasteiger charge is -2.09. The van der Waals surface area contributed by atoms with Crippen LogP contribution in [-0.4, -0.2) is 9.78 Å². The maximum absolute atomic E-state index is 12.1. The quantitative estimate of drug-likeness (QED) is 0.884. The van der Waals surface area contributed by atoms with Gasteiger partial charge in [0.1, 0.15) is 12.2 Å². The van der Waals surface area contributed by atoms with Gasteiger partial charge in [0.15, 0.2) is 0 Å². The molecular formula is C14H11Cl2N3O. The summed E-state index contributed by atoms with van der Waals surface area (Å²) in [6.07, 6.45) is 6.57. The van der Waals surface area contributed by atoms with Crippen LogP contribution in [0.4, 0.5) is 5.69 Å². The minimum atomic E-state index is -0.343. The Kier molecular flexibility index (Phi) is 4.67. The third-order valence-corrected chi connectivity index (χ3v) is 3.16. The van der Waals surface area contributed by atoms with Crippen LogP contribution in [0.15, 0.2) is 35.3 Å². The third kappa shape index (κ3) is 3.32. The van der Waals surface area contributed by atoms with Crippen molar-refractivity contribution in [2.24, 2.45) is 0 Å². The first-order valence-electron chi connectivity index (χ1n) is 5.79. The summed E-state index contributed by atoms with van der Waals surface area (Å²) in [6, 6.07) is 7.29. The van der Waals surface area contributed by atoms with Gasteiger partial charge in [0.25, 0.3) is 5.56 Å². The van der Waals surface area contributed by atoms with Crippen molar-refractivity contribution >= 4 is 28.9 Å². The molecule has 20 heavy (non-hydrogen) atoms. The van der Waals surface area contributed by atoms with Crippen molar-refractivity contribution in [3.8, 4) is 12.3 Å². The lowest BCUT2D eigenvalue weighted by atomic mass is 10.2. The number of anilines is 1. The van der Waals surface area contributed by atoms with Crippen molar-refractivity contribution in [2.75, 3.05) is 5.32 Å². The fourth-order valence-corrected chi connectivity index (χ4v) is 1.94. The van der Waals surface area contributed by atoms with Crippen LogP contribution in [0.5, 0.6) is 0 Å². The van der Waals surface area contributed by atoms with Crippen LogP contribution < -0.4 is 10.9 Å². The average molecular weight is 308 g/mol. The Labute approximate surface area is 126 Å².